The summed E-state index contributed by atoms with van der Waals surface area (Å²) in [7, 11) is 0. The fraction of sp³-hybridized carbons (Fsp3) is 0.412. The topological polar surface area (TPSA) is 64.4 Å². The largest absolute Gasteiger partial charge is 0.461 e. The van der Waals surface area contributed by atoms with Crippen molar-refractivity contribution in [3.05, 3.63) is 41.1 Å². The van der Waals surface area contributed by atoms with Crippen molar-refractivity contribution in [3.63, 3.8) is 0 Å². The summed E-state index contributed by atoms with van der Waals surface area (Å²) in [6, 6.07) is 8.21. The van der Waals surface area contributed by atoms with Gasteiger partial charge in [0.2, 0.25) is 0 Å². The highest BCUT2D eigenvalue weighted by Crippen LogP contribution is 2.27. The lowest BCUT2D eigenvalue weighted by Gasteiger charge is -2.09. The van der Waals surface area contributed by atoms with Gasteiger partial charge in [0.15, 0.2) is 11.5 Å². The highest BCUT2D eigenvalue weighted by Gasteiger charge is 2.23. The van der Waals surface area contributed by atoms with E-state index in [9.17, 15) is 4.79 Å². The SMILES string of the molecule is CCOC(=O)c1noc(-c2ccc(C)cc2)c1CNC(C)C. The molecule has 1 aromatic heterocycles. The second-order valence-corrected chi connectivity index (χ2v) is 5.46. The molecule has 5 heteroatoms. The van der Waals surface area contributed by atoms with Gasteiger partial charge in [-0.3, -0.25) is 0 Å². The van der Waals surface area contributed by atoms with Gasteiger partial charge in [-0.2, -0.15) is 0 Å². The van der Waals surface area contributed by atoms with Crippen molar-refractivity contribution in [3.8, 4) is 11.3 Å². The van der Waals surface area contributed by atoms with E-state index in [1.54, 1.807) is 6.92 Å². The Morgan fingerprint density at radius 2 is 2.00 bits per heavy atom. The average Bonchev–Trinajstić information content (AvgIpc) is 2.90. The zero-order valence-corrected chi connectivity index (χ0v) is 13.5. The van der Waals surface area contributed by atoms with Gasteiger partial charge in [-0.15, -0.1) is 0 Å². The zero-order valence-electron chi connectivity index (χ0n) is 13.5. The molecule has 0 aliphatic carbocycles. The minimum absolute atomic E-state index is 0.241. The van der Waals surface area contributed by atoms with Crippen LogP contribution in [0, 0.1) is 6.92 Å². The molecule has 0 fully saturated rings. The van der Waals surface area contributed by atoms with Crippen LogP contribution in [-0.2, 0) is 11.3 Å². The number of benzene rings is 1. The fourth-order valence-corrected chi connectivity index (χ4v) is 2.07. The number of aryl methyl sites for hydroxylation is 1. The molecule has 2 aromatic rings. The van der Waals surface area contributed by atoms with Gasteiger partial charge in [0, 0.05) is 23.7 Å². The molecule has 0 saturated heterocycles. The molecular weight excluding hydrogens is 280 g/mol. The van der Waals surface area contributed by atoms with Gasteiger partial charge < -0.3 is 14.6 Å². The third-order valence-corrected chi connectivity index (χ3v) is 3.26. The van der Waals surface area contributed by atoms with Crippen LogP contribution in [0.3, 0.4) is 0 Å². The monoisotopic (exact) mass is 302 g/mol. The first-order valence-corrected chi connectivity index (χ1v) is 7.49. The van der Waals surface area contributed by atoms with Gasteiger partial charge in [0.05, 0.1) is 6.61 Å². The molecule has 0 aliphatic heterocycles. The smallest absolute Gasteiger partial charge is 0.360 e. The lowest BCUT2D eigenvalue weighted by Crippen LogP contribution is -2.23. The molecule has 0 spiro atoms. The van der Waals surface area contributed by atoms with E-state index in [4.69, 9.17) is 9.26 Å². The molecule has 5 nitrogen and oxygen atoms in total. The molecule has 2 rings (SSSR count). The maximum atomic E-state index is 12.0. The molecule has 0 saturated carbocycles. The van der Waals surface area contributed by atoms with Gasteiger partial charge in [-0.05, 0) is 13.8 Å². The minimum Gasteiger partial charge on any atom is -0.461 e. The lowest BCUT2D eigenvalue weighted by atomic mass is 10.0. The van der Waals surface area contributed by atoms with E-state index in [0.29, 0.717) is 18.9 Å². The van der Waals surface area contributed by atoms with E-state index in [1.807, 2.05) is 45.0 Å². The second kappa shape index (κ2) is 7.22. The van der Waals surface area contributed by atoms with Crippen molar-refractivity contribution < 1.29 is 14.1 Å². The summed E-state index contributed by atoms with van der Waals surface area (Å²) in [4.78, 5) is 12.0. The van der Waals surface area contributed by atoms with Gasteiger partial charge >= 0.3 is 5.97 Å². The maximum Gasteiger partial charge on any atom is 0.360 e. The van der Waals surface area contributed by atoms with Crippen LogP contribution in [0.2, 0.25) is 0 Å². The third-order valence-electron chi connectivity index (χ3n) is 3.26. The van der Waals surface area contributed by atoms with Crippen molar-refractivity contribution in [2.24, 2.45) is 0 Å². The van der Waals surface area contributed by atoms with Gasteiger partial charge in [0.25, 0.3) is 0 Å². The average molecular weight is 302 g/mol. The minimum atomic E-state index is -0.454. The number of aromatic nitrogens is 1. The van der Waals surface area contributed by atoms with Crippen LogP contribution in [0.15, 0.2) is 28.8 Å². The summed E-state index contributed by atoms with van der Waals surface area (Å²) in [5.41, 5.74) is 3.03. The highest BCUT2D eigenvalue weighted by molar-refractivity contribution is 5.90. The molecule has 0 atom stereocenters. The number of hydrogen-bond donors (Lipinski definition) is 1. The number of rotatable bonds is 6. The van der Waals surface area contributed by atoms with Crippen molar-refractivity contribution in [1.82, 2.24) is 10.5 Å². The number of nitrogens with one attached hydrogen (secondary N) is 1. The Morgan fingerprint density at radius 1 is 1.32 bits per heavy atom. The molecule has 0 aliphatic rings. The predicted octanol–water partition coefficient (Wildman–Crippen LogP) is 3.32. The fourth-order valence-electron chi connectivity index (χ4n) is 2.07. The van der Waals surface area contributed by atoms with Gasteiger partial charge in [-0.25, -0.2) is 4.79 Å². The molecule has 0 radical (unpaired) electrons. The van der Waals surface area contributed by atoms with Crippen LogP contribution in [0.1, 0.15) is 42.4 Å². The Labute approximate surface area is 130 Å². The zero-order chi connectivity index (χ0) is 16.1. The highest BCUT2D eigenvalue weighted by atomic mass is 16.5. The molecule has 22 heavy (non-hydrogen) atoms. The number of carbonyl (C=O) groups excluding carboxylic acids is 1. The van der Waals surface area contributed by atoms with Crippen LogP contribution in [0.25, 0.3) is 11.3 Å². The summed E-state index contributed by atoms with van der Waals surface area (Å²) in [5.74, 6) is 0.154. The van der Waals surface area contributed by atoms with Crippen molar-refractivity contribution in [2.45, 2.75) is 40.3 Å². The Hall–Kier alpha value is -2.14. The number of ether oxygens (including phenoxy) is 1. The number of nitrogens with zero attached hydrogens (tertiary/aromatic N) is 1. The Kier molecular flexibility index (Phi) is 5.33. The predicted molar refractivity (Wildman–Crippen MR) is 84.6 cm³/mol. The van der Waals surface area contributed by atoms with E-state index in [-0.39, 0.29) is 11.7 Å². The molecule has 1 N–H and O–H groups in total. The van der Waals surface area contributed by atoms with E-state index in [2.05, 4.69) is 10.5 Å². The number of carbonyl (C=O) groups is 1. The van der Waals surface area contributed by atoms with Crippen LogP contribution in [0.5, 0.6) is 0 Å². The van der Waals surface area contributed by atoms with Crippen molar-refractivity contribution in [1.29, 1.82) is 0 Å². The summed E-state index contributed by atoms with van der Waals surface area (Å²) >= 11 is 0. The third kappa shape index (κ3) is 3.74. The van der Waals surface area contributed by atoms with Crippen LogP contribution >= 0.6 is 0 Å². The Balaban J connectivity index is 2.40. The Bertz CT molecular complexity index is 630. The van der Waals surface area contributed by atoms with Gasteiger partial charge in [-0.1, -0.05) is 48.8 Å². The summed E-state index contributed by atoms with van der Waals surface area (Å²) in [5, 5.41) is 7.22. The molecule has 118 valence electrons. The van der Waals surface area contributed by atoms with E-state index in [1.165, 1.54) is 0 Å². The first kappa shape index (κ1) is 16.2. The molecule has 0 bridgehead atoms. The van der Waals surface area contributed by atoms with Gasteiger partial charge in [0.1, 0.15) is 0 Å². The summed E-state index contributed by atoms with van der Waals surface area (Å²) in [6.45, 7) is 8.69. The molecule has 0 unspecified atom stereocenters. The van der Waals surface area contributed by atoms with Crippen LogP contribution in [0.4, 0.5) is 0 Å². The van der Waals surface area contributed by atoms with Crippen LogP contribution < -0.4 is 5.32 Å². The first-order valence-electron chi connectivity index (χ1n) is 7.49. The quantitative estimate of drug-likeness (QED) is 0.829. The summed E-state index contributed by atoms with van der Waals surface area (Å²) in [6.07, 6.45) is 0. The molecule has 1 aromatic carbocycles. The maximum absolute atomic E-state index is 12.0. The second-order valence-electron chi connectivity index (χ2n) is 5.46. The Morgan fingerprint density at radius 3 is 2.59 bits per heavy atom. The standard InChI is InChI=1S/C17H22N2O3/c1-5-21-17(20)15-14(10-18-11(2)3)16(22-19-15)13-8-6-12(4)7-9-13/h6-9,11,18H,5,10H2,1-4H3. The number of esters is 1. The van der Waals surface area contributed by atoms with E-state index >= 15 is 0 Å². The first-order chi connectivity index (χ1) is 10.5. The lowest BCUT2D eigenvalue weighted by molar-refractivity contribution is 0.0513. The van der Waals surface area contributed by atoms with Crippen molar-refractivity contribution in [2.75, 3.05) is 6.61 Å². The number of hydrogen-bond acceptors (Lipinski definition) is 5. The molecule has 0 amide bonds. The molecular formula is C17H22N2O3. The van der Waals surface area contributed by atoms with Crippen LogP contribution in [-0.4, -0.2) is 23.8 Å². The van der Waals surface area contributed by atoms with E-state index < -0.39 is 5.97 Å². The van der Waals surface area contributed by atoms with Crippen molar-refractivity contribution >= 4 is 5.97 Å². The normalized spacial score (nSPS) is 11.0. The molecule has 1 heterocycles. The summed E-state index contributed by atoms with van der Waals surface area (Å²) < 4.78 is 10.5. The van der Waals surface area contributed by atoms with E-state index in [0.717, 1.165) is 16.7 Å².